The van der Waals surface area contributed by atoms with Crippen LogP contribution in [-0.2, 0) is 10.0 Å². The quantitative estimate of drug-likeness (QED) is 0.714. The van der Waals surface area contributed by atoms with E-state index in [1.54, 1.807) is 22.5 Å². The normalized spacial score (nSPS) is 19.2. The van der Waals surface area contributed by atoms with Gasteiger partial charge in [-0.1, -0.05) is 20.8 Å². The fraction of sp³-hybridized carbons (Fsp3) is 0.667. The van der Waals surface area contributed by atoms with Gasteiger partial charge in [0.15, 0.2) is 11.5 Å². The van der Waals surface area contributed by atoms with E-state index in [1.165, 1.54) is 0 Å². The largest absolute Gasteiger partial charge is 0.490 e. The predicted molar refractivity (Wildman–Crippen MR) is 95.2 cm³/mol. The van der Waals surface area contributed by atoms with Crippen molar-refractivity contribution in [2.75, 3.05) is 26.3 Å². The van der Waals surface area contributed by atoms with E-state index in [4.69, 9.17) is 9.47 Å². The molecule has 0 saturated carbocycles. The highest BCUT2D eigenvalue weighted by atomic mass is 32.2. The van der Waals surface area contributed by atoms with Gasteiger partial charge < -0.3 is 9.47 Å². The molecule has 0 N–H and O–H groups in total. The Morgan fingerprint density at radius 1 is 1.12 bits per heavy atom. The summed E-state index contributed by atoms with van der Waals surface area (Å²) in [7, 11) is -3.48. The van der Waals surface area contributed by atoms with E-state index >= 15 is 0 Å². The molecule has 5 nitrogen and oxygen atoms in total. The van der Waals surface area contributed by atoms with Crippen LogP contribution in [0.15, 0.2) is 23.1 Å². The first-order valence-electron chi connectivity index (χ1n) is 8.88. The number of piperidine rings is 1. The van der Waals surface area contributed by atoms with Crippen LogP contribution in [0.3, 0.4) is 0 Å². The molecular formula is C18H29NO4S. The number of ether oxygens (including phenoxy) is 2. The van der Waals surface area contributed by atoms with Gasteiger partial charge in [-0.05, 0) is 43.7 Å². The van der Waals surface area contributed by atoms with Gasteiger partial charge in [0.1, 0.15) is 0 Å². The van der Waals surface area contributed by atoms with Gasteiger partial charge in [0, 0.05) is 19.2 Å². The third kappa shape index (κ3) is 4.63. The zero-order valence-electron chi connectivity index (χ0n) is 15.0. The van der Waals surface area contributed by atoms with Crippen molar-refractivity contribution in [3.63, 3.8) is 0 Å². The number of benzene rings is 1. The highest BCUT2D eigenvalue weighted by molar-refractivity contribution is 7.89. The molecular weight excluding hydrogens is 326 g/mol. The fourth-order valence-electron chi connectivity index (χ4n) is 2.82. The molecule has 0 amide bonds. The molecule has 1 fully saturated rings. The summed E-state index contributed by atoms with van der Waals surface area (Å²) in [6.45, 7) is 8.43. The Kier molecular flexibility index (Phi) is 6.92. The average molecular weight is 356 g/mol. The zero-order chi connectivity index (χ0) is 17.6. The first-order chi connectivity index (χ1) is 11.5. The summed E-state index contributed by atoms with van der Waals surface area (Å²) in [5.74, 6) is 1.52. The lowest BCUT2D eigenvalue weighted by Gasteiger charge is -2.30. The number of hydrogen-bond acceptors (Lipinski definition) is 4. The number of sulfonamides is 1. The fourth-order valence-corrected chi connectivity index (χ4v) is 4.43. The summed E-state index contributed by atoms with van der Waals surface area (Å²) < 4.78 is 38.8. The average Bonchev–Trinajstić information content (AvgIpc) is 2.58. The lowest BCUT2D eigenvalue weighted by molar-refractivity contribution is 0.266. The Balaban J connectivity index is 2.28. The van der Waals surface area contributed by atoms with Gasteiger partial charge in [-0.2, -0.15) is 4.31 Å². The van der Waals surface area contributed by atoms with Crippen LogP contribution in [0.25, 0.3) is 0 Å². The monoisotopic (exact) mass is 355 g/mol. The van der Waals surface area contributed by atoms with Crippen molar-refractivity contribution in [3.8, 4) is 11.5 Å². The summed E-state index contributed by atoms with van der Waals surface area (Å²) in [6.07, 6.45) is 3.74. The second-order valence-corrected chi connectivity index (χ2v) is 8.35. The lowest BCUT2D eigenvalue weighted by Crippen LogP contribution is -2.39. The van der Waals surface area contributed by atoms with Crippen LogP contribution >= 0.6 is 0 Å². The summed E-state index contributed by atoms with van der Waals surface area (Å²) in [4.78, 5) is 0.284. The molecule has 1 atom stereocenters. The van der Waals surface area contributed by atoms with Crippen LogP contribution in [0.5, 0.6) is 11.5 Å². The molecule has 0 radical (unpaired) electrons. The molecule has 1 saturated heterocycles. The molecule has 1 unspecified atom stereocenters. The maximum atomic E-state index is 12.9. The molecule has 1 aliphatic rings. The maximum Gasteiger partial charge on any atom is 0.243 e. The molecule has 1 aromatic carbocycles. The van der Waals surface area contributed by atoms with Crippen molar-refractivity contribution in [3.05, 3.63) is 18.2 Å². The van der Waals surface area contributed by atoms with Crippen molar-refractivity contribution in [1.29, 1.82) is 0 Å². The summed E-state index contributed by atoms with van der Waals surface area (Å²) in [5.41, 5.74) is 0. The van der Waals surface area contributed by atoms with Gasteiger partial charge >= 0.3 is 0 Å². The van der Waals surface area contributed by atoms with Crippen LogP contribution in [0.4, 0.5) is 0 Å². The standard InChI is InChI=1S/C18H29NO4S/c1-4-11-22-17-9-8-16(13-18(17)23-12-5-2)24(20,21)19-10-6-7-15(3)14-19/h8-9,13,15H,4-7,10-12,14H2,1-3H3. The highest BCUT2D eigenvalue weighted by Gasteiger charge is 2.29. The molecule has 0 bridgehead atoms. The van der Waals surface area contributed by atoms with Crippen LogP contribution in [-0.4, -0.2) is 39.0 Å². The van der Waals surface area contributed by atoms with Gasteiger partial charge in [-0.25, -0.2) is 8.42 Å². The molecule has 136 valence electrons. The number of rotatable bonds is 8. The molecule has 0 aromatic heterocycles. The van der Waals surface area contributed by atoms with E-state index in [0.29, 0.717) is 43.7 Å². The number of hydrogen-bond donors (Lipinski definition) is 0. The third-order valence-corrected chi connectivity index (χ3v) is 5.96. The minimum Gasteiger partial charge on any atom is -0.490 e. The van der Waals surface area contributed by atoms with Gasteiger partial charge in [0.05, 0.1) is 18.1 Å². The smallest absolute Gasteiger partial charge is 0.243 e. The third-order valence-electron chi connectivity index (χ3n) is 4.10. The van der Waals surface area contributed by atoms with Crippen LogP contribution in [0, 0.1) is 5.92 Å². The second-order valence-electron chi connectivity index (χ2n) is 6.42. The number of nitrogens with zero attached hydrogens (tertiary/aromatic N) is 1. The molecule has 24 heavy (non-hydrogen) atoms. The van der Waals surface area contributed by atoms with E-state index in [9.17, 15) is 8.42 Å². The van der Waals surface area contributed by atoms with Crippen molar-refractivity contribution in [1.82, 2.24) is 4.31 Å². The molecule has 0 spiro atoms. The molecule has 0 aliphatic carbocycles. The Bertz CT molecular complexity index is 630. The van der Waals surface area contributed by atoms with Gasteiger partial charge in [0.2, 0.25) is 10.0 Å². The lowest BCUT2D eigenvalue weighted by atomic mass is 10.0. The zero-order valence-corrected chi connectivity index (χ0v) is 15.8. The Morgan fingerprint density at radius 2 is 1.79 bits per heavy atom. The van der Waals surface area contributed by atoms with E-state index in [0.717, 1.165) is 25.7 Å². The predicted octanol–water partition coefficient (Wildman–Crippen LogP) is 3.68. The minimum absolute atomic E-state index is 0.284. The van der Waals surface area contributed by atoms with Crippen molar-refractivity contribution in [2.24, 2.45) is 5.92 Å². The highest BCUT2D eigenvalue weighted by Crippen LogP contribution is 2.32. The van der Waals surface area contributed by atoms with E-state index in [-0.39, 0.29) is 4.90 Å². The van der Waals surface area contributed by atoms with Gasteiger partial charge in [0.25, 0.3) is 0 Å². The van der Waals surface area contributed by atoms with E-state index < -0.39 is 10.0 Å². The molecule has 1 aliphatic heterocycles. The Hall–Kier alpha value is -1.27. The van der Waals surface area contributed by atoms with Crippen molar-refractivity contribution < 1.29 is 17.9 Å². The molecule has 1 aromatic rings. The maximum absolute atomic E-state index is 12.9. The van der Waals surface area contributed by atoms with Gasteiger partial charge in [-0.15, -0.1) is 0 Å². The Morgan fingerprint density at radius 3 is 2.42 bits per heavy atom. The van der Waals surface area contributed by atoms with E-state index in [2.05, 4.69) is 6.92 Å². The SMILES string of the molecule is CCCOc1ccc(S(=O)(=O)N2CCCC(C)C2)cc1OCCC. The summed E-state index contributed by atoms with van der Waals surface area (Å²) in [6, 6.07) is 4.94. The topological polar surface area (TPSA) is 55.8 Å². The van der Waals surface area contributed by atoms with Crippen LogP contribution in [0.1, 0.15) is 46.5 Å². The molecule has 1 heterocycles. The molecule has 6 heteroatoms. The van der Waals surface area contributed by atoms with Crippen LogP contribution < -0.4 is 9.47 Å². The van der Waals surface area contributed by atoms with Crippen molar-refractivity contribution >= 4 is 10.0 Å². The first-order valence-corrected chi connectivity index (χ1v) is 10.3. The van der Waals surface area contributed by atoms with Crippen molar-refractivity contribution in [2.45, 2.75) is 51.3 Å². The second kappa shape index (κ2) is 8.72. The molecule has 2 rings (SSSR count). The first kappa shape index (κ1) is 19.1. The van der Waals surface area contributed by atoms with Crippen LogP contribution in [0.2, 0.25) is 0 Å². The Labute approximate surface area is 146 Å². The van der Waals surface area contributed by atoms with E-state index in [1.807, 2.05) is 13.8 Å². The summed E-state index contributed by atoms with van der Waals surface area (Å²) in [5, 5.41) is 0. The summed E-state index contributed by atoms with van der Waals surface area (Å²) >= 11 is 0. The van der Waals surface area contributed by atoms with Gasteiger partial charge in [-0.3, -0.25) is 0 Å². The minimum atomic E-state index is -3.48.